The zero-order valence-corrected chi connectivity index (χ0v) is 17.2. The first-order valence-corrected chi connectivity index (χ1v) is 10.1. The van der Waals surface area contributed by atoms with E-state index in [0.717, 1.165) is 5.56 Å². The molecule has 0 aliphatic heterocycles. The van der Waals surface area contributed by atoms with Crippen LogP contribution in [0.5, 0.6) is 0 Å². The zero-order chi connectivity index (χ0) is 21.2. The summed E-state index contributed by atoms with van der Waals surface area (Å²) in [7, 11) is -1.06. The van der Waals surface area contributed by atoms with Crippen molar-refractivity contribution in [3.63, 3.8) is 0 Å². The van der Waals surface area contributed by atoms with Crippen LogP contribution in [0.3, 0.4) is 0 Å². The number of benzene rings is 1. The molecule has 0 fully saturated rings. The SMILES string of the molecule is COP(=O)(OC)[C@H](C)NC(=O)[C@H](C)NC(=O)CNC(=O)OCc1ccccc1. The molecule has 0 aromatic heterocycles. The highest BCUT2D eigenvalue weighted by Crippen LogP contribution is 2.50. The molecule has 1 aromatic carbocycles. The molecule has 3 amide bonds. The van der Waals surface area contributed by atoms with Gasteiger partial charge in [-0.1, -0.05) is 30.3 Å². The van der Waals surface area contributed by atoms with E-state index < -0.39 is 37.3 Å². The number of carbonyl (C=O) groups is 3. The number of alkyl carbamates (subject to hydrolysis) is 1. The molecule has 0 spiro atoms. The van der Waals surface area contributed by atoms with E-state index in [2.05, 4.69) is 16.0 Å². The van der Waals surface area contributed by atoms with Crippen molar-refractivity contribution in [2.45, 2.75) is 32.3 Å². The molecule has 1 rings (SSSR count). The van der Waals surface area contributed by atoms with Crippen LogP contribution in [0, 0.1) is 0 Å². The van der Waals surface area contributed by atoms with E-state index in [-0.39, 0.29) is 13.2 Å². The molecule has 0 aliphatic rings. The van der Waals surface area contributed by atoms with Crippen LogP contribution in [0.2, 0.25) is 0 Å². The number of ether oxygens (including phenoxy) is 1. The Morgan fingerprint density at radius 3 is 2.21 bits per heavy atom. The lowest BCUT2D eigenvalue weighted by Crippen LogP contribution is -2.49. The summed E-state index contributed by atoms with van der Waals surface area (Å²) in [6, 6.07) is 8.14. The van der Waals surface area contributed by atoms with Crippen molar-refractivity contribution in [3.05, 3.63) is 35.9 Å². The summed E-state index contributed by atoms with van der Waals surface area (Å²) >= 11 is 0. The van der Waals surface area contributed by atoms with Gasteiger partial charge in [0.1, 0.15) is 25.0 Å². The standard InChI is InChI=1S/C17H26N3O7P/c1-12(16(22)20-13(2)28(24,25-3)26-4)19-15(21)10-18-17(23)27-11-14-8-6-5-7-9-14/h5-9,12-13H,10-11H2,1-4H3,(H,18,23)(H,19,21)(H,20,22)/t12-,13+/m0/s1. The van der Waals surface area contributed by atoms with Crippen molar-refractivity contribution in [3.8, 4) is 0 Å². The molecular weight excluding hydrogens is 389 g/mol. The lowest BCUT2D eigenvalue weighted by Gasteiger charge is -2.23. The Kier molecular flexibility index (Phi) is 9.64. The maximum atomic E-state index is 12.2. The number of carbonyl (C=O) groups excluding carboxylic acids is 3. The van der Waals surface area contributed by atoms with Crippen LogP contribution in [-0.2, 0) is 34.5 Å². The van der Waals surface area contributed by atoms with Crippen molar-refractivity contribution in [2.24, 2.45) is 0 Å². The van der Waals surface area contributed by atoms with Gasteiger partial charge in [0, 0.05) is 14.2 Å². The van der Waals surface area contributed by atoms with Crippen molar-refractivity contribution >= 4 is 25.5 Å². The van der Waals surface area contributed by atoms with Gasteiger partial charge in [-0.25, -0.2) is 4.79 Å². The summed E-state index contributed by atoms with van der Waals surface area (Å²) in [5.74, 6) is -2.07. The Morgan fingerprint density at radius 2 is 1.64 bits per heavy atom. The van der Waals surface area contributed by atoms with Crippen LogP contribution in [0.1, 0.15) is 19.4 Å². The highest BCUT2D eigenvalue weighted by molar-refractivity contribution is 7.54. The van der Waals surface area contributed by atoms with Gasteiger partial charge in [-0.05, 0) is 19.4 Å². The second-order valence-electron chi connectivity index (χ2n) is 5.79. The normalized spacial score (nSPS) is 13.1. The number of hydrogen-bond donors (Lipinski definition) is 3. The summed E-state index contributed by atoms with van der Waals surface area (Å²) in [6.07, 6.45) is -0.758. The number of hydrogen-bond acceptors (Lipinski definition) is 7. The maximum absolute atomic E-state index is 12.2. The molecule has 0 radical (unpaired) electrons. The van der Waals surface area contributed by atoms with Gasteiger partial charge in [0.25, 0.3) is 0 Å². The Hall–Kier alpha value is -2.42. The van der Waals surface area contributed by atoms with Gasteiger partial charge in [0.05, 0.1) is 0 Å². The van der Waals surface area contributed by atoms with E-state index in [1.807, 2.05) is 18.2 Å². The fourth-order valence-electron chi connectivity index (χ4n) is 2.09. The van der Waals surface area contributed by atoms with Gasteiger partial charge in [0.15, 0.2) is 0 Å². The molecule has 156 valence electrons. The minimum Gasteiger partial charge on any atom is -0.445 e. The number of nitrogens with one attached hydrogen (secondary N) is 3. The van der Waals surface area contributed by atoms with E-state index in [1.54, 1.807) is 12.1 Å². The van der Waals surface area contributed by atoms with Crippen LogP contribution in [0.15, 0.2) is 30.3 Å². The molecule has 0 bridgehead atoms. The zero-order valence-electron chi connectivity index (χ0n) is 16.3. The average Bonchev–Trinajstić information content (AvgIpc) is 2.70. The second-order valence-corrected chi connectivity index (χ2v) is 8.38. The summed E-state index contributed by atoms with van der Waals surface area (Å²) in [6.45, 7) is 2.61. The third-order valence-electron chi connectivity index (χ3n) is 3.71. The van der Waals surface area contributed by atoms with Crippen LogP contribution in [-0.4, -0.2) is 50.5 Å². The van der Waals surface area contributed by atoms with Gasteiger partial charge < -0.3 is 29.7 Å². The van der Waals surface area contributed by atoms with Crippen molar-refractivity contribution < 1.29 is 32.7 Å². The lowest BCUT2D eigenvalue weighted by molar-refractivity contribution is -0.128. The van der Waals surface area contributed by atoms with Crippen molar-refractivity contribution in [1.29, 1.82) is 0 Å². The molecular formula is C17H26N3O7P. The van der Waals surface area contributed by atoms with E-state index >= 15 is 0 Å². The summed E-state index contributed by atoms with van der Waals surface area (Å²) in [5.41, 5.74) is 0.811. The number of rotatable bonds is 10. The van der Waals surface area contributed by atoms with Gasteiger partial charge in [-0.2, -0.15) is 0 Å². The van der Waals surface area contributed by atoms with Crippen LogP contribution >= 0.6 is 7.60 Å². The highest BCUT2D eigenvalue weighted by Gasteiger charge is 2.32. The largest absolute Gasteiger partial charge is 0.445 e. The van der Waals surface area contributed by atoms with Crippen molar-refractivity contribution in [1.82, 2.24) is 16.0 Å². The summed E-state index contributed by atoms with van der Waals surface area (Å²) in [5, 5.41) is 7.15. The molecule has 3 N–H and O–H groups in total. The first-order chi connectivity index (χ1) is 13.2. The van der Waals surface area contributed by atoms with E-state index in [1.165, 1.54) is 28.1 Å². The quantitative estimate of drug-likeness (QED) is 0.492. The Labute approximate surface area is 163 Å². The van der Waals surface area contributed by atoms with Crippen LogP contribution < -0.4 is 16.0 Å². The molecule has 2 atom stereocenters. The molecule has 10 nitrogen and oxygen atoms in total. The minimum atomic E-state index is -3.48. The predicted octanol–water partition coefficient (Wildman–Crippen LogP) is 1.37. The average molecular weight is 415 g/mol. The molecule has 0 saturated carbocycles. The Balaban J connectivity index is 2.36. The third kappa shape index (κ3) is 7.67. The minimum absolute atomic E-state index is 0.0735. The first kappa shape index (κ1) is 23.6. The number of amides is 3. The summed E-state index contributed by atoms with van der Waals surface area (Å²) < 4.78 is 26.7. The lowest BCUT2D eigenvalue weighted by atomic mass is 10.2. The van der Waals surface area contributed by atoms with Crippen molar-refractivity contribution in [2.75, 3.05) is 20.8 Å². The van der Waals surface area contributed by atoms with E-state index in [4.69, 9.17) is 13.8 Å². The van der Waals surface area contributed by atoms with Gasteiger partial charge in [-0.15, -0.1) is 0 Å². The molecule has 0 heterocycles. The van der Waals surface area contributed by atoms with Crippen LogP contribution in [0.25, 0.3) is 0 Å². The third-order valence-corrected chi connectivity index (χ3v) is 5.81. The topological polar surface area (TPSA) is 132 Å². The monoisotopic (exact) mass is 415 g/mol. The molecule has 0 aliphatic carbocycles. The molecule has 0 unspecified atom stereocenters. The summed E-state index contributed by atoms with van der Waals surface area (Å²) in [4.78, 5) is 35.6. The molecule has 0 saturated heterocycles. The molecule has 28 heavy (non-hydrogen) atoms. The van der Waals surface area contributed by atoms with Crippen LogP contribution in [0.4, 0.5) is 4.79 Å². The van der Waals surface area contributed by atoms with Gasteiger partial charge in [0.2, 0.25) is 11.8 Å². The fraction of sp³-hybridized carbons (Fsp3) is 0.471. The first-order valence-electron chi connectivity index (χ1n) is 8.47. The van der Waals surface area contributed by atoms with E-state index in [9.17, 15) is 18.9 Å². The second kappa shape index (κ2) is 11.4. The van der Waals surface area contributed by atoms with Gasteiger partial charge >= 0.3 is 13.7 Å². The Morgan fingerprint density at radius 1 is 1.04 bits per heavy atom. The smallest absolute Gasteiger partial charge is 0.407 e. The highest BCUT2D eigenvalue weighted by atomic mass is 31.2. The van der Waals surface area contributed by atoms with E-state index in [0.29, 0.717) is 0 Å². The molecule has 1 aromatic rings. The maximum Gasteiger partial charge on any atom is 0.407 e. The Bertz CT molecular complexity index is 706. The molecule has 11 heteroatoms. The fourth-order valence-corrected chi connectivity index (χ4v) is 3.15. The predicted molar refractivity (Wildman–Crippen MR) is 101 cm³/mol. The van der Waals surface area contributed by atoms with Gasteiger partial charge in [-0.3, -0.25) is 14.2 Å².